The molecule has 0 saturated heterocycles. The van der Waals surface area contributed by atoms with Crippen molar-refractivity contribution in [3.63, 3.8) is 0 Å². The van der Waals surface area contributed by atoms with Gasteiger partial charge in [-0.3, -0.25) is 0 Å². The van der Waals surface area contributed by atoms with Crippen LogP contribution >= 0.6 is 0 Å². The minimum absolute atomic E-state index is 0.144. The molecule has 0 aliphatic carbocycles. The Hall–Kier alpha value is -2.56. The van der Waals surface area contributed by atoms with Crippen molar-refractivity contribution >= 4 is 0 Å². The van der Waals surface area contributed by atoms with E-state index in [1.807, 2.05) is 42.1 Å². The van der Waals surface area contributed by atoms with Crippen LogP contribution in [0.25, 0.3) is 17.1 Å². The SMILES string of the molecule is Cc1ccn(-c2cccc(-c3nc(C(C)(C)C)nc(C(C)(C)C)n3)c2)n1. The van der Waals surface area contributed by atoms with Crippen LogP contribution in [0.5, 0.6) is 0 Å². The summed E-state index contributed by atoms with van der Waals surface area (Å²) in [6.07, 6.45) is 1.96. The van der Waals surface area contributed by atoms with Crippen molar-refractivity contribution < 1.29 is 0 Å². The van der Waals surface area contributed by atoms with E-state index in [2.05, 4.69) is 52.7 Å². The second-order valence-corrected chi connectivity index (χ2v) is 8.76. The summed E-state index contributed by atoms with van der Waals surface area (Å²) in [5, 5.41) is 4.49. The maximum atomic E-state index is 4.78. The summed E-state index contributed by atoms with van der Waals surface area (Å²) in [6, 6.07) is 10.1. The Bertz CT molecular complexity index is 894. The molecule has 0 atom stereocenters. The van der Waals surface area contributed by atoms with E-state index >= 15 is 0 Å². The quantitative estimate of drug-likeness (QED) is 0.677. The summed E-state index contributed by atoms with van der Waals surface area (Å²) in [5.41, 5.74) is 2.66. The fraction of sp³-hybridized carbons (Fsp3) is 0.429. The van der Waals surface area contributed by atoms with Crippen LogP contribution < -0.4 is 0 Å². The van der Waals surface area contributed by atoms with Crippen LogP contribution in [0.3, 0.4) is 0 Å². The largest absolute Gasteiger partial charge is 0.241 e. The minimum atomic E-state index is -0.144. The lowest BCUT2D eigenvalue weighted by Crippen LogP contribution is -2.24. The van der Waals surface area contributed by atoms with Crippen molar-refractivity contribution in [1.82, 2.24) is 24.7 Å². The van der Waals surface area contributed by atoms with Crippen molar-refractivity contribution in [2.24, 2.45) is 0 Å². The summed E-state index contributed by atoms with van der Waals surface area (Å²) in [6.45, 7) is 14.7. The van der Waals surface area contributed by atoms with Crippen LogP contribution in [0.4, 0.5) is 0 Å². The van der Waals surface area contributed by atoms with Crippen molar-refractivity contribution in [3.05, 3.63) is 53.9 Å². The molecular weight excluding hydrogens is 322 g/mol. The lowest BCUT2D eigenvalue weighted by atomic mass is 9.93. The molecule has 136 valence electrons. The van der Waals surface area contributed by atoms with Crippen LogP contribution in [-0.4, -0.2) is 24.7 Å². The van der Waals surface area contributed by atoms with Gasteiger partial charge in [0.15, 0.2) is 5.82 Å². The third kappa shape index (κ3) is 3.82. The van der Waals surface area contributed by atoms with Gasteiger partial charge in [-0.15, -0.1) is 0 Å². The topological polar surface area (TPSA) is 56.5 Å². The zero-order valence-corrected chi connectivity index (χ0v) is 16.7. The monoisotopic (exact) mass is 349 g/mol. The van der Waals surface area contributed by atoms with Gasteiger partial charge < -0.3 is 0 Å². The second-order valence-electron chi connectivity index (χ2n) is 8.76. The Kier molecular flexibility index (Phi) is 4.42. The highest BCUT2D eigenvalue weighted by molar-refractivity contribution is 5.59. The van der Waals surface area contributed by atoms with Gasteiger partial charge in [0, 0.05) is 22.6 Å². The lowest BCUT2D eigenvalue weighted by molar-refractivity contribution is 0.497. The summed E-state index contributed by atoms with van der Waals surface area (Å²) in [5.74, 6) is 2.33. The average Bonchev–Trinajstić information content (AvgIpc) is 2.99. The molecule has 0 fully saturated rings. The molecule has 5 heteroatoms. The van der Waals surface area contributed by atoms with Gasteiger partial charge in [0.2, 0.25) is 0 Å². The maximum Gasteiger partial charge on any atom is 0.163 e. The van der Waals surface area contributed by atoms with E-state index in [-0.39, 0.29) is 10.8 Å². The zero-order chi connectivity index (χ0) is 19.1. The summed E-state index contributed by atoms with van der Waals surface area (Å²) in [7, 11) is 0. The first kappa shape index (κ1) is 18.2. The highest BCUT2D eigenvalue weighted by Crippen LogP contribution is 2.27. The van der Waals surface area contributed by atoms with Crippen LogP contribution in [0.2, 0.25) is 0 Å². The number of aryl methyl sites for hydroxylation is 1. The van der Waals surface area contributed by atoms with Gasteiger partial charge in [-0.25, -0.2) is 19.6 Å². The molecule has 0 aliphatic heterocycles. The molecule has 0 aliphatic rings. The lowest BCUT2D eigenvalue weighted by Gasteiger charge is -2.22. The van der Waals surface area contributed by atoms with E-state index in [4.69, 9.17) is 15.0 Å². The maximum absolute atomic E-state index is 4.78. The first-order valence-corrected chi connectivity index (χ1v) is 8.94. The highest BCUT2D eigenvalue weighted by Gasteiger charge is 2.25. The second kappa shape index (κ2) is 6.31. The van der Waals surface area contributed by atoms with Gasteiger partial charge in [0.25, 0.3) is 0 Å². The van der Waals surface area contributed by atoms with E-state index in [9.17, 15) is 0 Å². The standard InChI is InChI=1S/C21H27N5/c1-14-11-12-26(25-14)16-10-8-9-15(13-16)17-22-18(20(2,3)4)24-19(23-17)21(5,6)7/h8-13H,1-7H3. The zero-order valence-electron chi connectivity index (χ0n) is 16.7. The molecule has 5 nitrogen and oxygen atoms in total. The van der Waals surface area contributed by atoms with E-state index in [1.54, 1.807) is 0 Å². The van der Waals surface area contributed by atoms with E-state index < -0.39 is 0 Å². The van der Waals surface area contributed by atoms with Crippen molar-refractivity contribution in [2.75, 3.05) is 0 Å². The van der Waals surface area contributed by atoms with E-state index in [0.717, 1.165) is 28.6 Å². The molecule has 26 heavy (non-hydrogen) atoms. The Labute approximate surface area is 155 Å². The molecule has 1 aromatic carbocycles. The Morgan fingerprint density at radius 3 is 1.92 bits per heavy atom. The molecule has 3 aromatic rings. The molecule has 0 unspecified atom stereocenters. The number of hydrogen-bond acceptors (Lipinski definition) is 4. The van der Waals surface area contributed by atoms with Crippen molar-refractivity contribution in [3.8, 4) is 17.1 Å². The predicted molar refractivity (Wildman–Crippen MR) is 105 cm³/mol. The number of aromatic nitrogens is 5. The van der Waals surface area contributed by atoms with Crippen molar-refractivity contribution in [1.29, 1.82) is 0 Å². The number of nitrogens with zero attached hydrogens (tertiary/aromatic N) is 5. The summed E-state index contributed by atoms with van der Waals surface area (Å²) in [4.78, 5) is 14.3. The molecule has 3 rings (SSSR count). The van der Waals surface area contributed by atoms with Gasteiger partial charge in [0.1, 0.15) is 11.6 Å². The molecule has 2 heterocycles. The predicted octanol–water partition coefficient (Wildman–Crippen LogP) is 4.63. The first-order valence-electron chi connectivity index (χ1n) is 8.94. The summed E-state index contributed by atoms with van der Waals surface area (Å²) >= 11 is 0. The van der Waals surface area contributed by atoms with Crippen LogP contribution in [-0.2, 0) is 10.8 Å². The van der Waals surface area contributed by atoms with E-state index in [1.165, 1.54) is 0 Å². The van der Waals surface area contributed by atoms with Gasteiger partial charge in [0.05, 0.1) is 11.4 Å². The van der Waals surface area contributed by atoms with Gasteiger partial charge in [-0.1, -0.05) is 53.7 Å². The number of benzene rings is 1. The van der Waals surface area contributed by atoms with Crippen LogP contribution in [0.1, 0.15) is 58.9 Å². The molecule has 0 saturated carbocycles. The first-order chi connectivity index (χ1) is 12.0. The third-order valence-corrected chi connectivity index (χ3v) is 4.07. The minimum Gasteiger partial charge on any atom is -0.241 e. The normalized spacial score (nSPS) is 12.4. The number of hydrogen-bond donors (Lipinski definition) is 0. The number of rotatable bonds is 2. The average molecular weight is 349 g/mol. The fourth-order valence-corrected chi connectivity index (χ4v) is 2.52. The Balaban J connectivity index is 2.14. The molecule has 2 aromatic heterocycles. The smallest absolute Gasteiger partial charge is 0.163 e. The van der Waals surface area contributed by atoms with Crippen LogP contribution in [0.15, 0.2) is 36.5 Å². The molecule has 0 spiro atoms. The molecule has 0 bridgehead atoms. The fourth-order valence-electron chi connectivity index (χ4n) is 2.52. The molecule has 0 radical (unpaired) electrons. The molecular formula is C21H27N5. The Morgan fingerprint density at radius 1 is 0.808 bits per heavy atom. The van der Waals surface area contributed by atoms with Crippen LogP contribution in [0, 0.1) is 6.92 Å². The van der Waals surface area contributed by atoms with Crippen molar-refractivity contribution in [2.45, 2.75) is 59.3 Å². The van der Waals surface area contributed by atoms with Gasteiger partial charge >= 0.3 is 0 Å². The third-order valence-electron chi connectivity index (χ3n) is 4.07. The molecule has 0 N–H and O–H groups in total. The molecule has 0 amide bonds. The van der Waals surface area contributed by atoms with Gasteiger partial charge in [-0.2, -0.15) is 5.10 Å². The summed E-state index contributed by atoms with van der Waals surface area (Å²) < 4.78 is 1.87. The van der Waals surface area contributed by atoms with E-state index in [0.29, 0.717) is 5.82 Å². The Morgan fingerprint density at radius 2 is 1.42 bits per heavy atom. The van der Waals surface area contributed by atoms with Gasteiger partial charge in [-0.05, 0) is 25.1 Å². The highest BCUT2D eigenvalue weighted by atomic mass is 15.3.